The maximum atomic E-state index is 12.8. The van der Waals surface area contributed by atoms with Crippen molar-refractivity contribution in [3.8, 4) is 0 Å². The van der Waals surface area contributed by atoms with Gasteiger partial charge in [-0.05, 0) is 37.7 Å². The van der Waals surface area contributed by atoms with Crippen molar-refractivity contribution in [2.75, 3.05) is 51.0 Å². The molecule has 2 fully saturated rings. The van der Waals surface area contributed by atoms with Gasteiger partial charge in [0.05, 0.1) is 25.7 Å². The van der Waals surface area contributed by atoms with Gasteiger partial charge in [0.1, 0.15) is 17.0 Å². The summed E-state index contributed by atoms with van der Waals surface area (Å²) in [5.41, 5.74) is 0.949. The SMILES string of the molecule is COC(=O)CS(=O)(=O)N1CCc2sc3ncnc(N[C@H]4CC[C@H](N5CCOCC5)CC4)c3c2C1. The first kappa shape index (κ1) is 23.9. The van der Waals surface area contributed by atoms with Gasteiger partial charge in [-0.1, -0.05) is 0 Å². The second-order valence-corrected chi connectivity index (χ2v) is 12.2. The highest BCUT2D eigenvalue weighted by atomic mass is 32.2. The van der Waals surface area contributed by atoms with Crippen molar-refractivity contribution in [2.45, 2.75) is 50.7 Å². The van der Waals surface area contributed by atoms with Gasteiger partial charge in [0, 0.05) is 43.1 Å². The first-order valence-corrected chi connectivity index (χ1v) is 14.3. The van der Waals surface area contributed by atoms with Crippen LogP contribution in [0.25, 0.3) is 10.2 Å². The molecular formula is C22H31N5O5S2. The zero-order valence-corrected chi connectivity index (χ0v) is 21.0. The van der Waals surface area contributed by atoms with E-state index in [1.54, 1.807) is 17.7 Å². The van der Waals surface area contributed by atoms with E-state index >= 15 is 0 Å². The van der Waals surface area contributed by atoms with Crippen molar-refractivity contribution in [1.29, 1.82) is 0 Å². The summed E-state index contributed by atoms with van der Waals surface area (Å²) in [6.07, 6.45) is 6.61. The molecule has 2 aliphatic heterocycles. The van der Waals surface area contributed by atoms with Gasteiger partial charge in [-0.25, -0.2) is 18.4 Å². The van der Waals surface area contributed by atoms with Crippen LogP contribution in [0.5, 0.6) is 0 Å². The second kappa shape index (κ2) is 10.0. The van der Waals surface area contributed by atoms with Crippen LogP contribution < -0.4 is 5.32 Å². The van der Waals surface area contributed by atoms with Crippen molar-refractivity contribution >= 4 is 43.4 Å². The Balaban J connectivity index is 1.31. The summed E-state index contributed by atoms with van der Waals surface area (Å²) in [6.45, 7) is 4.26. The number of carbonyl (C=O) groups is 1. The number of rotatable bonds is 6. The zero-order chi connectivity index (χ0) is 23.7. The monoisotopic (exact) mass is 509 g/mol. The molecule has 0 atom stereocenters. The summed E-state index contributed by atoms with van der Waals surface area (Å²) >= 11 is 1.60. The summed E-state index contributed by atoms with van der Waals surface area (Å²) in [7, 11) is -2.56. The third-order valence-electron chi connectivity index (χ3n) is 7.11. The molecule has 0 radical (unpaired) electrons. The molecule has 3 aliphatic rings. The number of esters is 1. The summed E-state index contributed by atoms with van der Waals surface area (Å²) in [4.78, 5) is 25.2. The number of aromatic nitrogens is 2. The highest BCUT2D eigenvalue weighted by Crippen LogP contribution is 2.38. The Morgan fingerprint density at radius 1 is 1.21 bits per heavy atom. The highest BCUT2D eigenvalue weighted by molar-refractivity contribution is 7.89. The number of nitrogens with one attached hydrogen (secondary N) is 1. The number of sulfonamides is 1. The van der Waals surface area contributed by atoms with E-state index in [2.05, 4.69) is 24.9 Å². The van der Waals surface area contributed by atoms with Gasteiger partial charge < -0.3 is 14.8 Å². The summed E-state index contributed by atoms with van der Waals surface area (Å²) in [5, 5.41) is 4.56. The van der Waals surface area contributed by atoms with E-state index in [1.807, 2.05) is 0 Å². The molecule has 34 heavy (non-hydrogen) atoms. The minimum absolute atomic E-state index is 0.223. The molecule has 1 saturated carbocycles. The Kier molecular flexibility index (Phi) is 7.03. The molecule has 1 saturated heterocycles. The molecule has 10 nitrogen and oxygen atoms in total. The normalized spacial score (nSPS) is 24.6. The fourth-order valence-electron chi connectivity index (χ4n) is 5.25. The predicted octanol–water partition coefficient (Wildman–Crippen LogP) is 1.61. The van der Waals surface area contributed by atoms with Crippen LogP contribution in [0.2, 0.25) is 0 Å². The molecule has 0 unspecified atom stereocenters. The van der Waals surface area contributed by atoms with Crippen LogP contribution in [-0.2, 0) is 37.3 Å². The molecule has 0 spiro atoms. The summed E-state index contributed by atoms with van der Waals surface area (Å²) < 4.78 is 36.9. The maximum absolute atomic E-state index is 12.8. The minimum atomic E-state index is -3.75. The largest absolute Gasteiger partial charge is 0.468 e. The summed E-state index contributed by atoms with van der Waals surface area (Å²) in [5.74, 6) is -0.613. The van der Waals surface area contributed by atoms with Gasteiger partial charge in [0.2, 0.25) is 10.0 Å². The maximum Gasteiger partial charge on any atom is 0.322 e. The van der Waals surface area contributed by atoms with Crippen molar-refractivity contribution in [1.82, 2.24) is 19.2 Å². The first-order valence-electron chi connectivity index (χ1n) is 11.8. The van der Waals surface area contributed by atoms with Crippen LogP contribution in [0, 0.1) is 0 Å². The average Bonchev–Trinajstić information content (AvgIpc) is 3.23. The van der Waals surface area contributed by atoms with E-state index < -0.39 is 21.7 Å². The number of methoxy groups -OCH3 is 1. The van der Waals surface area contributed by atoms with E-state index in [-0.39, 0.29) is 6.54 Å². The van der Waals surface area contributed by atoms with Gasteiger partial charge in [-0.2, -0.15) is 4.31 Å². The number of ether oxygens (including phenoxy) is 2. The van der Waals surface area contributed by atoms with E-state index in [1.165, 1.54) is 11.4 Å². The Morgan fingerprint density at radius 3 is 2.71 bits per heavy atom. The minimum Gasteiger partial charge on any atom is -0.468 e. The van der Waals surface area contributed by atoms with Crippen LogP contribution in [-0.4, -0.2) is 91.4 Å². The number of anilines is 1. The molecule has 5 rings (SSSR count). The van der Waals surface area contributed by atoms with E-state index in [0.717, 1.165) is 78.5 Å². The van der Waals surface area contributed by atoms with Gasteiger partial charge in [-0.3, -0.25) is 9.69 Å². The number of morpholine rings is 1. The molecule has 1 N–H and O–H groups in total. The fraction of sp³-hybridized carbons (Fsp3) is 0.682. The van der Waals surface area contributed by atoms with E-state index in [9.17, 15) is 13.2 Å². The average molecular weight is 510 g/mol. The molecule has 12 heteroatoms. The zero-order valence-electron chi connectivity index (χ0n) is 19.4. The molecule has 0 aromatic carbocycles. The Morgan fingerprint density at radius 2 is 1.97 bits per heavy atom. The molecule has 186 valence electrons. The lowest BCUT2D eigenvalue weighted by atomic mass is 9.90. The number of carbonyl (C=O) groups excluding carboxylic acids is 1. The van der Waals surface area contributed by atoms with Crippen LogP contribution in [0.4, 0.5) is 5.82 Å². The van der Waals surface area contributed by atoms with Crippen molar-refractivity contribution < 1.29 is 22.7 Å². The second-order valence-electron chi connectivity index (χ2n) is 9.12. The van der Waals surface area contributed by atoms with Gasteiger partial charge in [-0.15, -0.1) is 11.3 Å². The van der Waals surface area contributed by atoms with E-state index in [0.29, 0.717) is 25.0 Å². The Bertz CT molecular complexity index is 1140. The lowest BCUT2D eigenvalue weighted by Gasteiger charge is -2.39. The number of thiophene rings is 1. The smallest absolute Gasteiger partial charge is 0.322 e. The topological polar surface area (TPSA) is 114 Å². The van der Waals surface area contributed by atoms with Crippen LogP contribution in [0.3, 0.4) is 0 Å². The van der Waals surface area contributed by atoms with Gasteiger partial charge in [0.25, 0.3) is 0 Å². The van der Waals surface area contributed by atoms with Crippen LogP contribution >= 0.6 is 11.3 Å². The molecule has 0 amide bonds. The number of nitrogens with zero attached hydrogens (tertiary/aromatic N) is 4. The molecular weight excluding hydrogens is 478 g/mol. The van der Waals surface area contributed by atoms with Crippen molar-refractivity contribution in [3.05, 3.63) is 16.8 Å². The standard InChI is InChI=1S/C22H31N5O5S2/c1-31-19(28)13-34(29,30)27-7-6-18-17(12-27)20-21(23-14-24-22(20)33-18)25-15-2-4-16(5-3-15)26-8-10-32-11-9-26/h14-16H,2-13H2,1H3,(H,23,24,25)/t15-,16-. The quantitative estimate of drug-likeness (QED) is 0.580. The number of hydrogen-bond donors (Lipinski definition) is 1. The predicted molar refractivity (Wildman–Crippen MR) is 129 cm³/mol. The number of fused-ring (bicyclic) bond motifs is 3. The first-order chi connectivity index (χ1) is 16.4. The Hall–Kier alpha value is -1.86. The fourth-order valence-corrected chi connectivity index (χ4v) is 7.69. The van der Waals surface area contributed by atoms with Crippen molar-refractivity contribution in [2.24, 2.45) is 0 Å². The molecule has 0 bridgehead atoms. The third-order valence-corrected chi connectivity index (χ3v) is 10.0. The highest BCUT2D eigenvalue weighted by Gasteiger charge is 2.33. The van der Waals surface area contributed by atoms with Gasteiger partial charge >= 0.3 is 5.97 Å². The molecule has 2 aromatic heterocycles. The number of hydrogen-bond acceptors (Lipinski definition) is 10. The van der Waals surface area contributed by atoms with Gasteiger partial charge in [0.15, 0.2) is 5.75 Å². The molecule has 4 heterocycles. The van der Waals surface area contributed by atoms with Crippen molar-refractivity contribution in [3.63, 3.8) is 0 Å². The molecule has 1 aliphatic carbocycles. The summed E-state index contributed by atoms with van der Waals surface area (Å²) in [6, 6.07) is 0.948. The van der Waals surface area contributed by atoms with Crippen LogP contribution in [0.15, 0.2) is 6.33 Å². The Labute approximate surface area is 203 Å². The lowest BCUT2D eigenvalue weighted by Crippen LogP contribution is -2.46. The lowest BCUT2D eigenvalue weighted by molar-refractivity contribution is -0.137. The third kappa shape index (κ3) is 4.92. The van der Waals surface area contributed by atoms with Crippen LogP contribution in [0.1, 0.15) is 36.1 Å². The van der Waals surface area contributed by atoms with E-state index in [4.69, 9.17) is 4.74 Å². The molecule has 2 aromatic rings.